The predicted octanol–water partition coefficient (Wildman–Crippen LogP) is 1.84. The Morgan fingerprint density at radius 2 is 1.67 bits per heavy atom. The fourth-order valence-electron chi connectivity index (χ4n) is 2.25. The van der Waals surface area contributed by atoms with E-state index in [9.17, 15) is 9.90 Å². The maximum atomic E-state index is 12.0. The Kier molecular flexibility index (Phi) is 9.02. The van der Waals surface area contributed by atoms with Gasteiger partial charge in [-0.2, -0.15) is 0 Å². The van der Waals surface area contributed by atoms with Crippen molar-refractivity contribution in [2.75, 3.05) is 19.6 Å². The number of amides is 1. The van der Waals surface area contributed by atoms with Crippen LogP contribution >= 0.6 is 0 Å². The van der Waals surface area contributed by atoms with E-state index >= 15 is 0 Å². The highest BCUT2D eigenvalue weighted by molar-refractivity contribution is 5.79. The Hall–Kier alpha value is -0.610. The van der Waals surface area contributed by atoms with Gasteiger partial charge in [-0.3, -0.25) is 9.69 Å². The number of aliphatic hydroxyl groups is 1. The largest absolute Gasteiger partial charge is 0.378 e. The molecule has 0 rings (SSSR count). The summed E-state index contributed by atoms with van der Waals surface area (Å²) >= 11 is 0. The molecule has 0 aromatic rings. The lowest BCUT2D eigenvalue weighted by molar-refractivity contribution is -0.138. The molecule has 2 unspecified atom stereocenters. The molecule has 18 heavy (non-hydrogen) atoms. The maximum absolute atomic E-state index is 12.0. The van der Waals surface area contributed by atoms with Gasteiger partial charge >= 0.3 is 0 Å². The summed E-state index contributed by atoms with van der Waals surface area (Å²) in [5, 5.41) is 13.3. The number of carbonyl (C=O) groups is 1. The molecule has 0 bridgehead atoms. The van der Waals surface area contributed by atoms with Crippen LogP contribution in [0.4, 0.5) is 0 Å². The number of hydrogen-bond acceptors (Lipinski definition) is 3. The summed E-state index contributed by atoms with van der Waals surface area (Å²) < 4.78 is 0. The Morgan fingerprint density at radius 3 is 2.00 bits per heavy atom. The van der Waals surface area contributed by atoms with Crippen LogP contribution in [0.25, 0.3) is 0 Å². The van der Waals surface area contributed by atoms with Crippen molar-refractivity contribution < 1.29 is 9.90 Å². The second-order valence-electron chi connectivity index (χ2n) is 5.11. The summed E-state index contributed by atoms with van der Waals surface area (Å²) in [7, 11) is 0. The van der Waals surface area contributed by atoms with E-state index in [1.54, 1.807) is 0 Å². The van der Waals surface area contributed by atoms with Gasteiger partial charge in [-0.1, -0.05) is 27.7 Å². The molecule has 2 N–H and O–H groups in total. The molecule has 0 aliphatic heterocycles. The lowest BCUT2D eigenvalue weighted by atomic mass is 9.92. The molecule has 2 atom stereocenters. The first-order valence-corrected chi connectivity index (χ1v) is 7.19. The molecule has 0 saturated carbocycles. The number of aliphatic hydroxyl groups excluding tert-OH is 1. The summed E-state index contributed by atoms with van der Waals surface area (Å²) in [6.45, 7) is 12.3. The van der Waals surface area contributed by atoms with Gasteiger partial charge in [-0.25, -0.2) is 0 Å². The van der Waals surface area contributed by atoms with Crippen molar-refractivity contribution in [2.24, 2.45) is 11.8 Å². The highest BCUT2D eigenvalue weighted by atomic mass is 16.3. The van der Waals surface area contributed by atoms with E-state index in [-0.39, 0.29) is 17.7 Å². The second kappa shape index (κ2) is 9.34. The minimum Gasteiger partial charge on any atom is -0.378 e. The summed E-state index contributed by atoms with van der Waals surface area (Å²) in [4.78, 5) is 14.1. The fraction of sp³-hybridized carbons (Fsp3) is 0.929. The normalized spacial score (nSPS) is 14.9. The quantitative estimate of drug-likeness (QED) is 0.620. The topological polar surface area (TPSA) is 52.6 Å². The molecule has 0 heterocycles. The minimum atomic E-state index is -0.684. The van der Waals surface area contributed by atoms with E-state index in [2.05, 4.69) is 19.2 Å². The molecule has 4 nitrogen and oxygen atoms in total. The molecule has 0 aromatic heterocycles. The van der Waals surface area contributed by atoms with Crippen LogP contribution in [0.3, 0.4) is 0 Å². The van der Waals surface area contributed by atoms with Crippen LogP contribution in [0.5, 0.6) is 0 Å². The minimum absolute atomic E-state index is 0.0443. The number of nitrogens with zero attached hydrogens (tertiary/aromatic N) is 1. The first-order valence-electron chi connectivity index (χ1n) is 7.19. The van der Waals surface area contributed by atoms with Crippen molar-refractivity contribution in [1.29, 1.82) is 0 Å². The Bertz CT molecular complexity index is 226. The lowest BCUT2D eigenvalue weighted by Crippen LogP contribution is -2.49. The van der Waals surface area contributed by atoms with Crippen molar-refractivity contribution in [1.82, 2.24) is 10.2 Å². The Morgan fingerprint density at radius 1 is 1.17 bits per heavy atom. The first-order chi connectivity index (χ1) is 8.49. The van der Waals surface area contributed by atoms with E-state index in [0.29, 0.717) is 6.54 Å². The van der Waals surface area contributed by atoms with Crippen molar-refractivity contribution in [3.05, 3.63) is 0 Å². The van der Waals surface area contributed by atoms with Crippen LogP contribution in [0.2, 0.25) is 0 Å². The van der Waals surface area contributed by atoms with Gasteiger partial charge in [0.05, 0.1) is 5.92 Å². The number of carbonyl (C=O) groups excluding carboxylic acids is 1. The van der Waals surface area contributed by atoms with Crippen molar-refractivity contribution >= 4 is 5.91 Å². The van der Waals surface area contributed by atoms with E-state index in [1.807, 2.05) is 25.7 Å². The van der Waals surface area contributed by atoms with E-state index in [4.69, 9.17) is 0 Å². The van der Waals surface area contributed by atoms with Crippen LogP contribution in [-0.2, 0) is 4.79 Å². The molecule has 0 fully saturated rings. The first kappa shape index (κ1) is 17.4. The van der Waals surface area contributed by atoms with Crippen LogP contribution < -0.4 is 5.32 Å². The standard InChI is InChI=1S/C14H30N2O2/c1-6-9-16(10-7-2)14(18)12(11(4)5)13(17)15-8-3/h11-12,14,18H,6-10H2,1-5H3,(H,15,17). The van der Waals surface area contributed by atoms with Gasteiger partial charge in [0.2, 0.25) is 5.91 Å². The zero-order chi connectivity index (χ0) is 14.1. The van der Waals surface area contributed by atoms with Crippen molar-refractivity contribution in [3.63, 3.8) is 0 Å². The molecular formula is C14H30N2O2. The Labute approximate surface area is 112 Å². The molecule has 0 aliphatic carbocycles. The molecule has 0 radical (unpaired) electrons. The average Bonchev–Trinajstić information content (AvgIpc) is 2.28. The van der Waals surface area contributed by atoms with Gasteiger partial charge in [-0.15, -0.1) is 0 Å². The van der Waals surface area contributed by atoms with Gasteiger partial charge in [0.1, 0.15) is 6.23 Å². The van der Waals surface area contributed by atoms with Gasteiger partial charge in [0.25, 0.3) is 0 Å². The molecular weight excluding hydrogens is 228 g/mol. The van der Waals surface area contributed by atoms with Crippen molar-refractivity contribution in [2.45, 2.75) is 53.7 Å². The molecule has 0 aliphatic rings. The third kappa shape index (κ3) is 5.36. The molecule has 1 amide bonds. The second-order valence-corrected chi connectivity index (χ2v) is 5.11. The molecule has 108 valence electrons. The average molecular weight is 258 g/mol. The Balaban J connectivity index is 4.79. The van der Waals surface area contributed by atoms with Crippen LogP contribution in [0.1, 0.15) is 47.5 Å². The zero-order valence-corrected chi connectivity index (χ0v) is 12.6. The zero-order valence-electron chi connectivity index (χ0n) is 12.6. The highest BCUT2D eigenvalue weighted by Gasteiger charge is 2.32. The lowest BCUT2D eigenvalue weighted by Gasteiger charge is -2.34. The van der Waals surface area contributed by atoms with E-state index in [1.165, 1.54) is 0 Å². The van der Waals surface area contributed by atoms with Gasteiger partial charge in [0, 0.05) is 19.6 Å². The summed E-state index contributed by atoms with van der Waals surface area (Å²) in [5.41, 5.74) is 0. The fourth-order valence-corrected chi connectivity index (χ4v) is 2.25. The molecule has 0 spiro atoms. The summed E-state index contributed by atoms with van der Waals surface area (Å²) in [6, 6.07) is 0. The summed E-state index contributed by atoms with van der Waals surface area (Å²) in [6.07, 6.45) is 1.28. The van der Waals surface area contributed by atoms with Gasteiger partial charge < -0.3 is 10.4 Å². The number of nitrogens with one attached hydrogen (secondary N) is 1. The van der Waals surface area contributed by atoms with Crippen LogP contribution in [0.15, 0.2) is 0 Å². The summed E-state index contributed by atoms with van der Waals surface area (Å²) in [5.74, 6) is -0.275. The smallest absolute Gasteiger partial charge is 0.227 e. The molecule has 0 aromatic carbocycles. The van der Waals surface area contributed by atoms with E-state index in [0.717, 1.165) is 25.9 Å². The third-order valence-electron chi connectivity index (χ3n) is 3.09. The monoisotopic (exact) mass is 258 g/mol. The maximum Gasteiger partial charge on any atom is 0.227 e. The number of hydrogen-bond donors (Lipinski definition) is 2. The molecule has 0 saturated heterocycles. The SMILES string of the molecule is CCCN(CCC)C(O)C(C(=O)NCC)C(C)C. The third-order valence-corrected chi connectivity index (χ3v) is 3.09. The van der Waals surface area contributed by atoms with Gasteiger partial charge in [0.15, 0.2) is 0 Å². The van der Waals surface area contributed by atoms with Crippen LogP contribution in [0, 0.1) is 11.8 Å². The van der Waals surface area contributed by atoms with Crippen molar-refractivity contribution in [3.8, 4) is 0 Å². The van der Waals surface area contributed by atoms with Gasteiger partial charge in [-0.05, 0) is 25.7 Å². The predicted molar refractivity (Wildman–Crippen MR) is 75.2 cm³/mol. The van der Waals surface area contributed by atoms with Crippen LogP contribution in [-0.4, -0.2) is 41.8 Å². The highest BCUT2D eigenvalue weighted by Crippen LogP contribution is 2.19. The number of rotatable bonds is 9. The molecule has 4 heteroatoms. The van der Waals surface area contributed by atoms with E-state index < -0.39 is 6.23 Å².